The van der Waals surface area contributed by atoms with Crippen LogP contribution in [0.3, 0.4) is 0 Å². The van der Waals surface area contributed by atoms with Gasteiger partial charge in [0.2, 0.25) is 0 Å². The summed E-state index contributed by atoms with van der Waals surface area (Å²) < 4.78 is 24.1. The van der Waals surface area contributed by atoms with E-state index in [1.807, 2.05) is 16.8 Å². The number of anilines is 1. The van der Waals surface area contributed by atoms with Gasteiger partial charge in [-0.15, -0.1) is 0 Å². The minimum atomic E-state index is -4.92. The number of Topliss-reactive ketones (excluding diaryl/α,β-unsaturated/α-hetero) is 1. The second-order valence-corrected chi connectivity index (χ2v) is 8.69. The normalized spacial score (nSPS) is 12.5. The summed E-state index contributed by atoms with van der Waals surface area (Å²) in [5.41, 5.74) is 0.971. The quantitative estimate of drug-likeness (QED) is 0.311. The number of ketones is 1. The minimum Gasteiger partial charge on any atom is -0.294 e. The van der Waals surface area contributed by atoms with Gasteiger partial charge in [0.25, 0.3) is 0 Å². The van der Waals surface area contributed by atoms with E-state index >= 15 is 0 Å². The van der Waals surface area contributed by atoms with Gasteiger partial charge in [-0.2, -0.15) is 11.3 Å². The zero-order valence-corrected chi connectivity index (χ0v) is 15.1. The maximum Gasteiger partial charge on any atom is 0.160 e. The Morgan fingerprint density at radius 3 is 2.30 bits per heavy atom. The molecule has 23 heavy (non-hydrogen) atoms. The molecule has 124 valence electrons. The second-order valence-electron chi connectivity index (χ2n) is 4.37. The van der Waals surface area contributed by atoms with Crippen molar-refractivity contribution in [3.05, 3.63) is 46.7 Å². The summed E-state index contributed by atoms with van der Waals surface area (Å²) in [7, 11) is 0. The van der Waals surface area contributed by atoms with E-state index in [0.717, 1.165) is 5.56 Å². The zero-order chi connectivity index (χ0) is 17.5. The van der Waals surface area contributed by atoms with E-state index in [9.17, 15) is 17.4 Å². The molecule has 1 aromatic heterocycles. The predicted molar refractivity (Wildman–Crippen MR) is 87.1 cm³/mol. The molecular weight excluding hydrogens is 385 g/mol. The molecule has 1 heterocycles. The number of carbonyl (C=O) groups is 2. The van der Waals surface area contributed by atoms with Crippen LogP contribution in [0.5, 0.6) is 0 Å². The number of para-hydroxylation sites is 1. The van der Waals surface area contributed by atoms with Gasteiger partial charge in [-0.3, -0.25) is 4.79 Å². The fourth-order valence-corrected chi connectivity index (χ4v) is 3.89. The van der Waals surface area contributed by atoms with Crippen LogP contribution in [0, 0.1) is 0 Å². The number of carbonyl (C=O) groups excluding carboxylic acids is 2. The first-order valence-electron chi connectivity index (χ1n) is 6.34. The molecule has 0 aliphatic rings. The average Bonchev–Trinajstić information content (AvgIpc) is 3.02. The number of thiophene rings is 1. The second kappa shape index (κ2) is 8.81. The topological polar surface area (TPSA) is 113 Å². The predicted octanol–water partition coefficient (Wildman–Crippen LogP) is 1.65. The largest absolute Gasteiger partial charge is 0.294 e. The zero-order valence-electron chi connectivity index (χ0n) is 12.4. The molecule has 9 heteroatoms. The Labute approximate surface area is 139 Å². The third-order valence-electron chi connectivity index (χ3n) is 2.56. The van der Waals surface area contributed by atoms with Gasteiger partial charge in [-0.05, 0) is 18.4 Å². The van der Waals surface area contributed by atoms with Gasteiger partial charge >= 0.3 is 88.4 Å². The van der Waals surface area contributed by atoms with Gasteiger partial charge in [-0.1, -0.05) is 0 Å². The Kier molecular flexibility index (Phi) is 7.41. The Morgan fingerprint density at radius 1 is 1.22 bits per heavy atom. The van der Waals surface area contributed by atoms with Crippen LogP contribution >= 0.6 is 11.3 Å². The summed E-state index contributed by atoms with van der Waals surface area (Å²) in [5, 5.41) is 14.4. The summed E-state index contributed by atoms with van der Waals surface area (Å²) in [6, 6.07) is 7.67. The summed E-state index contributed by atoms with van der Waals surface area (Å²) >= 11 is -3.38. The molecule has 1 amide bonds. The Bertz CT molecular complexity index is 716. The summed E-state index contributed by atoms with van der Waals surface area (Å²) in [5.74, 6) is -0.234. The number of nitrogens with one attached hydrogen (secondary N) is 1. The van der Waals surface area contributed by atoms with Crippen LogP contribution in [-0.2, 0) is 12.4 Å². The number of benzene rings is 1. The Morgan fingerprint density at radius 2 is 1.87 bits per heavy atom. The Hall–Kier alpha value is -1.70. The van der Waals surface area contributed by atoms with E-state index < -0.39 is 14.2 Å². The average molecular weight is 401 g/mol. The van der Waals surface area contributed by atoms with Crippen LogP contribution in [0.25, 0.3) is 0 Å². The van der Waals surface area contributed by atoms with Gasteiger partial charge in [0.15, 0.2) is 5.78 Å². The van der Waals surface area contributed by atoms with Crippen molar-refractivity contribution < 1.29 is 26.6 Å². The van der Waals surface area contributed by atoms with Gasteiger partial charge in [0, 0.05) is 10.9 Å². The molecular formula is C14H16AsNO6S. The van der Waals surface area contributed by atoms with Gasteiger partial charge in [0.1, 0.15) is 0 Å². The molecule has 0 aliphatic carbocycles. The van der Waals surface area contributed by atoms with E-state index in [0.29, 0.717) is 0 Å². The SMILES string of the molecule is CC(=O)Nc1ccccc1[As](=O)(O)OO.CC(=O)c1ccsc1. The van der Waals surface area contributed by atoms with E-state index in [4.69, 9.17) is 5.26 Å². The third kappa shape index (κ3) is 6.13. The molecule has 0 fully saturated rings. The fourth-order valence-electron chi connectivity index (χ4n) is 1.52. The first kappa shape index (κ1) is 19.3. The van der Waals surface area contributed by atoms with Crippen LogP contribution < -0.4 is 9.67 Å². The molecule has 2 aromatic rings. The maximum absolute atomic E-state index is 11.4. The molecule has 0 spiro atoms. The number of hydrogen-bond acceptors (Lipinski definition) is 6. The summed E-state index contributed by atoms with van der Waals surface area (Å²) in [4.78, 5) is 21.3. The molecule has 1 aromatic carbocycles. The molecule has 0 saturated heterocycles. The molecule has 0 radical (unpaired) electrons. The van der Waals surface area contributed by atoms with Crippen molar-refractivity contribution in [2.75, 3.05) is 5.32 Å². The van der Waals surface area contributed by atoms with Gasteiger partial charge < -0.3 is 0 Å². The van der Waals surface area contributed by atoms with E-state index in [2.05, 4.69) is 9.19 Å². The van der Waals surface area contributed by atoms with Gasteiger partial charge in [-0.25, -0.2) is 0 Å². The van der Waals surface area contributed by atoms with Crippen LogP contribution in [-0.4, -0.2) is 35.2 Å². The van der Waals surface area contributed by atoms with Crippen LogP contribution in [0.1, 0.15) is 24.2 Å². The monoisotopic (exact) mass is 401 g/mol. The van der Waals surface area contributed by atoms with Crippen LogP contribution in [0.2, 0.25) is 0 Å². The van der Waals surface area contributed by atoms with Crippen molar-refractivity contribution in [1.82, 2.24) is 0 Å². The standard InChI is InChI=1S/C8H10AsNO5.C6H6OS/c1-6(11)10-8-5-3-2-4-7(8)9(12,13)15-14;1-5(7)6-2-3-8-4-6/h2-5,14H,1H3,(H,10,11)(H,12,13);2-4H,1H3. The fraction of sp³-hybridized carbons (Fsp3) is 0.143. The maximum atomic E-state index is 11.4. The van der Waals surface area contributed by atoms with Crippen molar-refractivity contribution >= 4 is 47.2 Å². The molecule has 7 nitrogen and oxygen atoms in total. The van der Waals surface area contributed by atoms with Crippen molar-refractivity contribution in [3.63, 3.8) is 0 Å². The van der Waals surface area contributed by atoms with E-state index in [1.54, 1.807) is 24.3 Å². The minimum absolute atomic E-state index is 0.103. The van der Waals surface area contributed by atoms with Gasteiger partial charge in [0.05, 0.1) is 0 Å². The first-order valence-corrected chi connectivity index (χ1v) is 10.6. The smallest absolute Gasteiger partial charge is 0.160 e. The van der Waals surface area contributed by atoms with Crippen molar-refractivity contribution in [3.8, 4) is 0 Å². The number of hydrogen-bond donors (Lipinski definition) is 3. The molecule has 0 aliphatic heterocycles. The molecule has 3 N–H and O–H groups in total. The molecule has 2 rings (SSSR count). The number of rotatable bonds is 4. The summed E-state index contributed by atoms with van der Waals surface area (Å²) in [6.45, 7) is 2.84. The van der Waals surface area contributed by atoms with Crippen molar-refractivity contribution in [2.24, 2.45) is 0 Å². The number of amides is 1. The molecule has 0 saturated carbocycles. The summed E-state index contributed by atoms with van der Waals surface area (Å²) in [6.07, 6.45) is 0. The third-order valence-corrected chi connectivity index (χ3v) is 5.80. The van der Waals surface area contributed by atoms with Crippen LogP contribution in [0.4, 0.5) is 5.69 Å². The molecule has 1 unspecified atom stereocenters. The first-order chi connectivity index (χ1) is 10.8. The van der Waals surface area contributed by atoms with Crippen molar-refractivity contribution in [1.29, 1.82) is 0 Å². The van der Waals surface area contributed by atoms with Crippen molar-refractivity contribution in [2.45, 2.75) is 13.8 Å². The molecule has 1 atom stereocenters. The van der Waals surface area contributed by atoms with E-state index in [1.165, 1.54) is 25.1 Å². The molecule has 0 bridgehead atoms. The Balaban J connectivity index is 0.000000277. The van der Waals surface area contributed by atoms with E-state index in [-0.39, 0.29) is 21.7 Å². The van der Waals surface area contributed by atoms with Crippen LogP contribution in [0.15, 0.2) is 41.1 Å².